The van der Waals surface area contributed by atoms with E-state index in [-0.39, 0.29) is 29.1 Å². The number of aliphatic hydroxyl groups is 1. The molecule has 3 rings (SSSR count). The van der Waals surface area contributed by atoms with Crippen LogP contribution in [0.5, 0.6) is 0 Å². The van der Waals surface area contributed by atoms with Gasteiger partial charge in [-0.3, -0.25) is 4.79 Å². The van der Waals surface area contributed by atoms with Crippen molar-refractivity contribution in [2.45, 2.75) is 32.6 Å². The van der Waals surface area contributed by atoms with Crippen molar-refractivity contribution < 1.29 is 14.7 Å². The van der Waals surface area contributed by atoms with E-state index in [0.29, 0.717) is 5.69 Å². The van der Waals surface area contributed by atoms with Crippen LogP contribution in [0.2, 0.25) is 0 Å². The molecule has 1 fully saturated rings. The van der Waals surface area contributed by atoms with Crippen LogP contribution in [0.4, 0.5) is 10.5 Å². The number of anilines is 1. The predicted molar refractivity (Wildman–Crippen MR) is 85.2 cm³/mol. The average molecular weight is 313 g/mol. The molecule has 2 aliphatic rings. The lowest BCUT2D eigenvalue weighted by atomic mass is 9.80. The fraction of sp³-hybridized carbons (Fsp3) is 0.412. The maximum absolute atomic E-state index is 12.3. The van der Waals surface area contributed by atoms with Gasteiger partial charge in [0.1, 0.15) is 5.76 Å². The Morgan fingerprint density at radius 1 is 1.26 bits per heavy atom. The molecule has 0 aliphatic heterocycles. The minimum absolute atomic E-state index is 0.00759. The number of rotatable bonds is 2. The highest BCUT2D eigenvalue weighted by Gasteiger charge is 2.43. The highest BCUT2D eigenvalue weighted by atomic mass is 16.3. The van der Waals surface area contributed by atoms with Gasteiger partial charge in [-0.15, -0.1) is 5.11 Å². The minimum Gasteiger partial charge on any atom is -0.510 e. The van der Waals surface area contributed by atoms with Gasteiger partial charge in [0.15, 0.2) is 11.5 Å². The number of fused-ring (bicyclic) bond motifs is 1. The quantitative estimate of drug-likeness (QED) is 0.804. The third-order valence-corrected chi connectivity index (χ3v) is 4.44. The first kappa shape index (κ1) is 15.4. The van der Waals surface area contributed by atoms with E-state index in [1.807, 2.05) is 19.1 Å². The minimum atomic E-state index is -0.668. The fourth-order valence-electron chi connectivity index (χ4n) is 3.32. The van der Waals surface area contributed by atoms with Gasteiger partial charge in [-0.05, 0) is 37.5 Å². The molecular formula is C17H19N3O3. The Kier molecular flexibility index (Phi) is 4.23. The summed E-state index contributed by atoms with van der Waals surface area (Å²) >= 11 is 0. The molecule has 6 heteroatoms. The number of urea groups is 1. The smallest absolute Gasteiger partial charge is 0.364 e. The van der Waals surface area contributed by atoms with Crippen LogP contribution >= 0.6 is 0 Å². The lowest BCUT2D eigenvalue weighted by molar-refractivity contribution is -0.120. The molecule has 2 N–H and O–H groups in total. The molecule has 2 amide bonds. The van der Waals surface area contributed by atoms with Crippen LogP contribution in [0.1, 0.15) is 31.2 Å². The first-order chi connectivity index (χ1) is 11.1. The molecule has 2 aliphatic carbocycles. The van der Waals surface area contributed by atoms with Gasteiger partial charge in [-0.2, -0.15) is 0 Å². The second-order valence-electron chi connectivity index (χ2n) is 6.10. The Bertz CT molecular complexity index is 709. The van der Waals surface area contributed by atoms with E-state index in [9.17, 15) is 14.7 Å². The van der Waals surface area contributed by atoms with Gasteiger partial charge in [-0.1, -0.05) is 30.1 Å². The maximum atomic E-state index is 12.3. The molecule has 0 heterocycles. The van der Waals surface area contributed by atoms with Gasteiger partial charge in [-0.25, -0.2) is 4.79 Å². The van der Waals surface area contributed by atoms with Gasteiger partial charge in [0.2, 0.25) is 0 Å². The number of benzene rings is 1. The molecule has 23 heavy (non-hydrogen) atoms. The number of amides is 2. The summed E-state index contributed by atoms with van der Waals surface area (Å²) in [4.78, 5) is 24.1. The fourth-order valence-corrected chi connectivity index (χ4v) is 3.32. The van der Waals surface area contributed by atoms with Crippen molar-refractivity contribution in [1.29, 1.82) is 0 Å². The number of hydrogen-bond donors (Lipinski definition) is 2. The maximum Gasteiger partial charge on any atom is 0.364 e. The summed E-state index contributed by atoms with van der Waals surface area (Å²) in [6, 6.07) is 6.62. The summed E-state index contributed by atoms with van der Waals surface area (Å²) < 4.78 is 0. The van der Waals surface area contributed by atoms with Gasteiger partial charge in [0, 0.05) is 17.5 Å². The average Bonchev–Trinajstić information content (AvgIpc) is 2.77. The number of carbonyl (C=O) groups excluding carboxylic acids is 2. The molecule has 1 aromatic rings. The molecule has 120 valence electrons. The Hall–Kier alpha value is -2.50. The Morgan fingerprint density at radius 3 is 2.70 bits per heavy atom. The number of azo groups is 1. The summed E-state index contributed by atoms with van der Waals surface area (Å²) in [5.74, 6) is -0.548. The number of aliphatic hydroxyl groups excluding tert-OH is 1. The SMILES string of the molecule is Cc1cccc(NC(=O)N=NC2=C(O)C3CCCCC3C2=O)c1. The van der Waals surface area contributed by atoms with Crippen molar-refractivity contribution in [3.05, 3.63) is 41.3 Å². The standard InChI is InChI=1S/C17H19N3O3/c1-10-5-4-6-11(9-10)18-17(23)20-19-14-15(21)12-7-2-3-8-13(12)16(14)22/h4-6,9,12-13,21H,2-3,7-8H2,1H3,(H,18,23). The lowest BCUT2D eigenvalue weighted by Crippen LogP contribution is -2.21. The van der Waals surface area contributed by atoms with Gasteiger partial charge in [0.25, 0.3) is 0 Å². The molecule has 0 saturated heterocycles. The second-order valence-corrected chi connectivity index (χ2v) is 6.10. The summed E-state index contributed by atoms with van der Waals surface area (Å²) in [6.07, 6.45) is 3.54. The third kappa shape index (κ3) is 3.16. The number of nitrogens with zero attached hydrogens (tertiary/aromatic N) is 2. The normalized spacial score (nSPS) is 24.1. The van der Waals surface area contributed by atoms with E-state index in [1.165, 1.54) is 0 Å². The van der Waals surface area contributed by atoms with Gasteiger partial charge >= 0.3 is 6.03 Å². The van der Waals surface area contributed by atoms with Crippen molar-refractivity contribution in [3.63, 3.8) is 0 Å². The van der Waals surface area contributed by atoms with E-state index >= 15 is 0 Å². The first-order valence-corrected chi connectivity index (χ1v) is 7.83. The molecule has 0 radical (unpaired) electrons. The molecule has 2 atom stereocenters. The van der Waals surface area contributed by atoms with E-state index in [4.69, 9.17) is 0 Å². The van der Waals surface area contributed by atoms with E-state index in [0.717, 1.165) is 31.2 Å². The van der Waals surface area contributed by atoms with Crippen LogP contribution < -0.4 is 5.32 Å². The van der Waals surface area contributed by atoms with Crippen LogP contribution in [-0.4, -0.2) is 16.9 Å². The zero-order chi connectivity index (χ0) is 16.4. The first-order valence-electron chi connectivity index (χ1n) is 7.83. The van der Waals surface area contributed by atoms with Gasteiger partial charge in [0.05, 0.1) is 0 Å². The largest absolute Gasteiger partial charge is 0.510 e. The second kappa shape index (κ2) is 6.32. The summed E-state index contributed by atoms with van der Waals surface area (Å²) in [5, 5.41) is 20.0. The number of carbonyl (C=O) groups is 2. The number of nitrogens with one attached hydrogen (secondary N) is 1. The number of Topliss-reactive ketones (excluding diaryl/α,β-unsaturated/α-hetero) is 1. The molecule has 1 aromatic carbocycles. The number of allylic oxidation sites excluding steroid dienone is 2. The molecule has 0 bridgehead atoms. The Balaban J connectivity index is 1.70. The number of hydrogen-bond acceptors (Lipinski definition) is 4. The van der Waals surface area contributed by atoms with Crippen LogP contribution in [-0.2, 0) is 4.79 Å². The van der Waals surface area contributed by atoms with Crippen LogP contribution in [0, 0.1) is 18.8 Å². The molecule has 2 unspecified atom stereocenters. The van der Waals surface area contributed by atoms with Crippen molar-refractivity contribution in [3.8, 4) is 0 Å². The molecule has 0 aromatic heterocycles. The van der Waals surface area contributed by atoms with Crippen LogP contribution in [0.25, 0.3) is 0 Å². The van der Waals surface area contributed by atoms with Crippen molar-refractivity contribution >= 4 is 17.5 Å². The predicted octanol–water partition coefficient (Wildman–Crippen LogP) is 4.14. The van der Waals surface area contributed by atoms with E-state index in [2.05, 4.69) is 15.5 Å². The highest BCUT2D eigenvalue weighted by Crippen LogP contribution is 2.42. The Morgan fingerprint density at radius 2 is 2.00 bits per heavy atom. The summed E-state index contributed by atoms with van der Waals surface area (Å²) in [6.45, 7) is 1.92. The molecule has 0 spiro atoms. The van der Waals surface area contributed by atoms with Crippen LogP contribution in [0.15, 0.2) is 46.0 Å². The zero-order valence-electron chi connectivity index (χ0n) is 13.0. The summed E-state index contributed by atoms with van der Waals surface area (Å²) in [5.41, 5.74) is 1.56. The van der Waals surface area contributed by atoms with E-state index < -0.39 is 6.03 Å². The van der Waals surface area contributed by atoms with Crippen molar-refractivity contribution in [2.75, 3.05) is 5.32 Å². The topological polar surface area (TPSA) is 91.1 Å². The highest BCUT2D eigenvalue weighted by molar-refractivity contribution is 6.00. The molecular weight excluding hydrogens is 294 g/mol. The van der Waals surface area contributed by atoms with Crippen molar-refractivity contribution in [1.82, 2.24) is 0 Å². The monoisotopic (exact) mass is 313 g/mol. The Labute approximate surface area is 134 Å². The third-order valence-electron chi connectivity index (χ3n) is 4.44. The number of aryl methyl sites for hydroxylation is 1. The zero-order valence-corrected chi connectivity index (χ0v) is 13.0. The summed E-state index contributed by atoms with van der Waals surface area (Å²) in [7, 11) is 0. The van der Waals surface area contributed by atoms with E-state index in [1.54, 1.807) is 12.1 Å². The number of ketones is 1. The molecule has 1 saturated carbocycles. The lowest BCUT2D eigenvalue weighted by Gasteiger charge is -2.23. The van der Waals surface area contributed by atoms with Crippen molar-refractivity contribution in [2.24, 2.45) is 22.1 Å². The molecule has 6 nitrogen and oxygen atoms in total. The van der Waals surface area contributed by atoms with Crippen LogP contribution in [0.3, 0.4) is 0 Å². The van der Waals surface area contributed by atoms with Gasteiger partial charge < -0.3 is 10.4 Å².